The summed E-state index contributed by atoms with van der Waals surface area (Å²) in [5.74, 6) is -0.520. The number of carbonyl (C=O) groups excluding carboxylic acids is 1. The number of nitrogens with one attached hydrogen (secondary N) is 1. The van der Waals surface area contributed by atoms with Gasteiger partial charge in [0.15, 0.2) is 0 Å². The minimum atomic E-state index is -0.964. The van der Waals surface area contributed by atoms with E-state index in [1.54, 1.807) is 0 Å². The zero-order valence-electron chi connectivity index (χ0n) is 14.1. The number of carboxylic acid groups (broad SMARTS) is 1. The van der Waals surface area contributed by atoms with Gasteiger partial charge in [-0.1, -0.05) is 6.92 Å². The van der Waals surface area contributed by atoms with E-state index in [0.717, 1.165) is 30.5 Å². The van der Waals surface area contributed by atoms with Gasteiger partial charge in [0, 0.05) is 28.6 Å². The third-order valence-corrected chi connectivity index (χ3v) is 4.99. The van der Waals surface area contributed by atoms with Crippen LogP contribution in [0.15, 0.2) is 18.2 Å². The number of hydrogen-bond donors (Lipinski definition) is 2. The van der Waals surface area contributed by atoms with Crippen molar-refractivity contribution < 1.29 is 14.6 Å². The predicted octanol–water partition coefficient (Wildman–Crippen LogP) is 1.92. The summed E-state index contributed by atoms with van der Waals surface area (Å²) in [5.41, 5.74) is 9.84. The number of carboxylic acids is 1. The molecular formula is C19H25N2O3-. The molecule has 0 bridgehead atoms. The van der Waals surface area contributed by atoms with Crippen LogP contribution in [0.4, 0.5) is 0 Å². The van der Waals surface area contributed by atoms with Crippen LogP contribution >= 0.6 is 0 Å². The number of ether oxygens (including phenoxy) is 1. The number of carbonyl (C=O) groups is 1. The highest BCUT2D eigenvalue weighted by Gasteiger charge is 2.20. The maximum Gasteiger partial charge on any atom is 0.120 e. The summed E-state index contributed by atoms with van der Waals surface area (Å²) in [6.07, 6.45) is 4.84. The van der Waals surface area contributed by atoms with E-state index in [1.807, 2.05) is 19.1 Å². The van der Waals surface area contributed by atoms with E-state index in [4.69, 9.17) is 10.5 Å². The topological polar surface area (TPSA) is 91.2 Å². The lowest BCUT2D eigenvalue weighted by Crippen LogP contribution is -2.31. The number of nitrogens with two attached hydrogens (primary N) is 1. The van der Waals surface area contributed by atoms with Crippen molar-refractivity contribution in [3.05, 3.63) is 29.5 Å². The van der Waals surface area contributed by atoms with Crippen LogP contribution in [0.1, 0.15) is 43.9 Å². The fourth-order valence-electron chi connectivity index (χ4n) is 3.52. The van der Waals surface area contributed by atoms with Gasteiger partial charge in [-0.3, -0.25) is 0 Å². The van der Waals surface area contributed by atoms with Gasteiger partial charge in [-0.2, -0.15) is 0 Å². The summed E-state index contributed by atoms with van der Waals surface area (Å²) < 4.78 is 5.82. The number of H-pyrrole nitrogens is 1. The summed E-state index contributed by atoms with van der Waals surface area (Å²) in [6, 6.07) is 6.31. The molecule has 2 aromatic rings. The molecule has 3 N–H and O–H groups in total. The number of aromatic nitrogens is 1. The maximum atomic E-state index is 10.9. The fraction of sp³-hybridized carbons (Fsp3) is 0.526. The van der Waals surface area contributed by atoms with Crippen LogP contribution < -0.4 is 15.6 Å². The van der Waals surface area contributed by atoms with Crippen LogP contribution in [-0.4, -0.2) is 23.6 Å². The summed E-state index contributed by atoms with van der Waals surface area (Å²) in [4.78, 5) is 14.4. The fourth-order valence-corrected chi connectivity index (χ4v) is 3.52. The van der Waals surface area contributed by atoms with Crippen molar-refractivity contribution in [3.8, 4) is 5.75 Å². The molecule has 5 heteroatoms. The molecule has 1 aromatic heterocycles. The molecule has 1 aliphatic rings. The Balaban J connectivity index is 1.63. The first-order valence-electron chi connectivity index (χ1n) is 8.81. The first-order valence-corrected chi connectivity index (χ1v) is 8.81. The number of aliphatic carboxylic acids is 1. The smallest absolute Gasteiger partial charge is 0.120 e. The molecule has 0 spiro atoms. The molecular weight excluding hydrogens is 304 g/mol. The molecule has 24 heavy (non-hydrogen) atoms. The molecule has 5 nitrogen and oxygen atoms in total. The Kier molecular flexibility index (Phi) is 5.09. The van der Waals surface area contributed by atoms with Crippen LogP contribution in [0, 0.1) is 5.92 Å². The first kappa shape index (κ1) is 16.8. The van der Waals surface area contributed by atoms with Crippen molar-refractivity contribution in [2.75, 3.05) is 6.61 Å². The third-order valence-electron chi connectivity index (χ3n) is 4.99. The molecule has 0 fully saturated rings. The quantitative estimate of drug-likeness (QED) is 0.759. The van der Waals surface area contributed by atoms with Crippen molar-refractivity contribution in [2.45, 2.75) is 51.5 Å². The standard InChI is InChI=1S/C19H26N2O3/c1-2-12(19(22)23)4-3-9-24-14-6-8-18-16(11-14)15-10-13(20)5-7-17(15)21-18/h6,8,11-13,21H,2-5,7,9-10,20H2,1H3,(H,22,23)/p-1. The zero-order chi connectivity index (χ0) is 17.1. The summed E-state index contributed by atoms with van der Waals surface area (Å²) >= 11 is 0. The predicted molar refractivity (Wildman–Crippen MR) is 91.8 cm³/mol. The highest BCUT2D eigenvalue weighted by atomic mass is 16.5. The lowest BCUT2D eigenvalue weighted by Gasteiger charge is -2.18. The van der Waals surface area contributed by atoms with Crippen molar-refractivity contribution >= 4 is 16.9 Å². The van der Waals surface area contributed by atoms with Crippen LogP contribution in [0.25, 0.3) is 10.9 Å². The first-order chi connectivity index (χ1) is 11.6. The monoisotopic (exact) mass is 329 g/mol. The number of benzene rings is 1. The molecule has 1 aliphatic carbocycles. The molecule has 0 radical (unpaired) electrons. The van der Waals surface area contributed by atoms with Crippen LogP contribution in [0.3, 0.4) is 0 Å². The molecule has 3 rings (SSSR count). The normalized spacial score (nSPS) is 18.3. The second kappa shape index (κ2) is 7.26. The molecule has 0 saturated carbocycles. The molecule has 0 saturated heterocycles. The van der Waals surface area contributed by atoms with Gasteiger partial charge in [0.05, 0.1) is 6.61 Å². The van der Waals surface area contributed by atoms with Gasteiger partial charge in [-0.05, 0) is 68.2 Å². The van der Waals surface area contributed by atoms with Crippen molar-refractivity contribution in [3.63, 3.8) is 0 Å². The SMILES string of the molecule is CCC(CCCOc1ccc2[nH]c3c(c2c1)CC(N)CC3)C(=O)[O-]. The van der Waals surface area contributed by atoms with Crippen LogP contribution in [-0.2, 0) is 17.6 Å². The summed E-state index contributed by atoms with van der Waals surface area (Å²) in [6.45, 7) is 2.39. The Bertz CT molecular complexity index is 723. The molecule has 1 aromatic carbocycles. The zero-order valence-corrected chi connectivity index (χ0v) is 14.1. The molecule has 2 atom stereocenters. The molecule has 130 valence electrons. The minimum Gasteiger partial charge on any atom is -0.550 e. The van der Waals surface area contributed by atoms with Crippen LogP contribution in [0.5, 0.6) is 5.75 Å². The third kappa shape index (κ3) is 3.56. The Hall–Kier alpha value is -2.01. The summed E-state index contributed by atoms with van der Waals surface area (Å²) in [5, 5.41) is 12.1. The minimum absolute atomic E-state index is 0.233. The van der Waals surface area contributed by atoms with Gasteiger partial charge in [0.1, 0.15) is 5.75 Å². The van der Waals surface area contributed by atoms with E-state index < -0.39 is 5.97 Å². The molecule has 1 heterocycles. The lowest BCUT2D eigenvalue weighted by atomic mass is 9.92. The number of fused-ring (bicyclic) bond motifs is 3. The Morgan fingerprint density at radius 2 is 2.33 bits per heavy atom. The molecule has 0 aliphatic heterocycles. The number of aromatic amines is 1. The van der Waals surface area contributed by atoms with Crippen molar-refractivity contribution in [1.82, 2.24) is 4.98 Å². The van der Waals surface area contributed by atoms with Crippen molar-refractivity contribution in [1.29, 1.82) is 0 Å². The lowest BCUT2D eigenvalue weighted by molar-refractivity contribution is -0.311. The number of rotatable bonds is 7. The largest absolute Gasteiger partial charge is 0.550 e. The van der Waals surface area contributed by atoms with E-state index >= 15 is 0 Å². The average Bonchev–Trinajstić information content (AvgIpc) is 2.92. The maximum absolute atomic E-state index is 10.9. The van der Waals surface area contributed by atoms with E-state index in [-0.39, 0.29) is 12.0 Å². The van der Waals surface area contributed by atoms with Gasteiger partial charge in [0.2, 0.25) is 0 Å². The highest BCUT2D eigenvalue weighted by molar-refractivity contribution is 5.86. The molecule has 0 amide bonds. The van der Waals surface area contributed by atoms with Gasteiger partial charge in [-0.15, -0.1) is 0 Å². The second-order valence-electron chi connectivity index (χ2n) is 6.71. The highest BCUT2D eigenvalue weighted by Crippen LogP contribution is 2.31. The number of aryl methyl sites for hydroxylation is 1. The van der Waals surface area contributed by atoms with E-state index in [9.17, 15) is 9.90 Å². The summed E-state index contributed by atoms with van der Waals surface area (Å²) in [7, 11) is 0. The van der Waals surface area contributed by atoms with Crippen LogP contribution in [0.2, 0.25) is 0 Å². The number of hydrogen-bond acceptors (Lipinski definition) is 4. The van der Waals surface area contributed by atoms with E-state index in [2.05, 4.69) is 11.1 Å². The van der Waals surface area contributed by atoms with Crippen molar-refractivity contribution in [2.24, 2.45) is 11.7 Å². The van der Waals surface area contributed by atoms with E-state index in [1.165, 1.54) is 16.6 Å². The Morgan fingerprint density at radius 3 is 3.08 bits per heavy atom. The average molecular weight is 329 g/mol. The van der Waals surface area contributed by atoms with Gasteiger partial charge in [-0.25, -0.2) is 0 Å². The molecule has 2 unspecified atom stereocenters. The Morgan fingerprint density at radius 1 is 1.50 bits per heavy atom. The van der Waals surface area contributed by atoms with Gasteiger partial charge >= 0.3 is 0 Å². The second-order valence-corrected chi connectivity index (χ2v) is 6.71. The van der Waals surface area contributed by atoms with E-state index in [0.29, 0.717) is 25.9 Å². The Labute approximate surface area is 142 Å². The van der Waals surface area contributed by atoms with Gasteiger partial charge in [0.25, 0.3) is 0 Å². The van der Waals surface area contributed by atoms with Gasteiger partial charge < -0.3 is 25.4 Å².